The first-order valence-electron chi connectivity index (χ1n) is 33.3. The van der Waals surface area contributed by atoms with Gasteiger partial charge in [-0.15, -0.1) is 0 Å². The van der Waals surface area contributed by atoms with Crippen LogP contribution in [0, 0.1) is 17.8 Å². The first kappa shape index (κ1) is 81.1. The molecule has 0 aromatic carbocycles. The molecule has 0 spiro atoms. The van der Waals surface area contributed by atoms with Crippen molar-refractivity contribution in [3.8, 4) is 0 Å². The Kier molecular flexibility index (Phi) is 54.1. The van der Waals surface area contributed by atoms with E-state index in [1.165, 1.54) is 116 Å². The molecule has 17 nitrogen and oxygen atoms in total. The Balaban J connectivity index is 5.16. The molecule has 0 saturated carbocycles. The summed E-state index contributed by atoms with van der Waals surface area (Å²) >= 11 is 0. The molecule has 0 bridgehead atoms. The molecule has 3 N–H and O–H groups in total. The second-order valence-electron chi connectivity index (χ2n) is 24.6. The lowest BCUT2D eigenvalue weighted by molar-refractivity contribution is -0.161. The summed E-state index contributed by atoms with van der Waals surface area (Å²) in [5.41, 5.74) is 0. The molecule has 0 saturated heterocycles. The van der Waals surface area contributed by atoms with E-state index in [1.54, 1.807) is 0 Å². The molecule has 492 valence electrons. The number of unbranched alkanes of at least 4 members (excludes halogenated alkanes) is 30. The van der Waals surface area contributed by atoms with E-state index in [-0.39, 0.29) is 25.7 Å². The van der Waals surface area contributed by atoms with Gasteiger partial charge in [0.25, 0.3) is 0 Å². The summed E-state index contributed by atoms with van der Waals surface area (Å²) in [5.74, 6) is 0.0586. The highest BCUT2D eigenvalue weighted by atomic mass is 31.2. The first-order chi connectivity index (χ1) is 39.7. The quantitative estimate of drug-likeness (QED) is 0.0222. The summed E-state index contributed by atoms with van der Waals surface area (Å²) in [6, 6.07) is 0. The van der Waals surface area contributed by atoms with Crippen molar-refractivity contribution in [3.63, 3.8) is 0 Å². The SMILES string of the molecule is CCCCCCCC(=O)OC[C@H](COP(=O)(O)OC[C@H](O)COP(=O)(O)OC[C@@H](COC(=O)CCCCCCCCCCCC(C)C)OC(=O)CCCCCCCCCCCCCCCCC(C)C)OC(=O)CCCCCCCCC(C)C. The van der Waals surface area contributed by atoms with Gasteiger partial charge in [-0.2, -0.15) is 0 Å². The molecule has 0 aromatic heterocycles. The number of phosphoric acid groups is 2. The molecule has 0 heterocycles. The summed E-state index contributed by atoms with van der Waals surface area (Å²) in [6.45, 7) is 11.6. The van der Waals surface area contributed by atoms with Crippen LogP contribution in [0.3, 0.4) is 0 Å². The van der Waals surface area contributed by atoms with Crippen LogP contribution in [0.2, 0.25) is 0 Å². The van der Waals surface area contributed by atoms with Gasteiger partial charge in [-0.3, -0.25) is 37.3 Å². The van der Waals surface area contributed by atoms with E-state index in [1.807, 2.05) is 0 Å². The molecule has 0 radical (unpaired) electrons. The molecule has 0 aliphatic carbocycles. The molecule has 0 aliphatic rings. The highest BCUT2D eigenvalue weighted by Crippen LogP contribution is 2.45. The molecule has 5 atom stereocenters. The van der Waals surface area contributed by atoms with Crippen LogP contribution < -0.4 is 0 Å². The van der Waals surface area contributed by atoms with E-state index in [0.29, 0.717) is 31.6 Å². The van der Waals surface area contributed by atoms with Gasteiger partial charge in [0.15, 0.2) is 12.2 Å². The summed E-state index contributed by atoms with van der Waals surface area (Å²) in [4.78, 5) is 71.9. The Morgan fingerprint density at radius 2 is 0.554 bits per heavy atom. The van der Waals surface area contributed by atoms with Crippen molar-refractivity contribution in [2.75, 3.05) is 39.6 Å². The first-order valence-corrected chi connectivity index (χ1v) is 36.3. The van der Waals surface area contributed by atoms with Crippen molar-refractivity contribution < 1.29 is 80.2 Å². The fourth-order valence-electron chi connectivity index (χ4n) is 9.48. The average Bonchev–Trinajstić information content (AvgIpc) is 3.44. The molecular formula is C64H124O17P2. The third-order valence-electron chi connectivity index (χ3n) is 14.6. The second-order valence-corrected chi connectivity index (χ2v) is 27.5. The molecule has 0 rings (SSSR count). The topological polar surface area (TPSA) is 237 Å². The van der Waals surface area contributed by atoms with Gasteiger partial charge >= 0.3 is 39.5 Å². The zero-order valence-electron chi connectivity index (χ0n) is 53.6. The van der Waals surface area contributed by atoms with Crippen LogP contribution in [-0.2, 0) is 65.4 Å². The van der Waals surface area contributed by atoms with Gasteiger partial charge in [0, 0.05) is 25.7 Å². The predicted molar refractivity (Wildman–Crippen MR) is 331 cm³/mol. The number of carbonyl (C=O) groups excluding carboxylic acids is 4. The monoisotopic (exact) mass is 1230 g/mol. The molecule has 0 amide bonds. The van der Waals surface area contributed by atoms with Gasteiger partial charge in [-0.1, -0.05) is 260 Å². The highest BCUT2D eigenvalue weighted by Gasteiger charge is 2.30. The fraction of sp³-hybridized carbons (Fsp3) is 0.938. The van der Waals surface area contributed by atoms with Crippen molar-refractivity contribution in [2.24, 2.45) is 17.8 Å². The van der Waals surface area contributed by atoms with E-state index in [9.17, 15) is 43.2 Å². The van der Waals surface area contributed by atoms with Crippen molar-refractivity contribution in [2.45, 2.75) is 330 Å². The zero-order valence-corrected chi connectivity index (χ0v) is 55.4. The molecule has 0 aliphatic heterocycles. The Hall–Kier alpha value is -1.94. The molecular weight excluding hydrogens is 1100 g/mol. The summed E-state index contributed by atoms with van der Waals surface area (Å²) in [5, 5.41) is 10.5. The number of phosphoric ester groups is 2. The number of hydrogen-bond donors (Lipinski definition) is 3. The predicted octanol–water partition coefficient (Wildman–Crippen LogP) is 17.5. The Morgan fingerprint density at radius 1 is 0.325 bits per heavy atom. The number of ether oxygens (including phenoxy) is 4. The number of hydrogen-bond acceptors (Lipinski definition) is 15. The Morgan fingerprint density at radius 3 is 0.819 bits per heavy atom. The fourth-order valence-corrected chi connectivity index (χ4v) is 11.1. The van der Waals surface area contributed by atoms with E-state index in [4.69, 9.17) is 37.0 Å². The van der Waals surface area contributed by atoms with Crippen LogP contribution in [0.1, 0.15) is 312 Å². The maximum absolute atomic E-state index is 13.0. The maximum Gasteiger partial charge on any atom is 0.472 e. The lowest BCUT2D eigenvalue weighted by Crippen LogP contribution is -2.30. The molecule has 19 heteroatoms. The number of esters is 4. The van der Waals surface area contributed by atoms with Crippen LogP contribution in [0.4, 0.5) is 0 Å². The molecule has 0 aromatic rings. The summed E-state index contributed by atoms with van der Waals surface area (Å²) < 4.78 is 67.8. The third kappa shape index (κ3) is 58.8. The van der Waals surface area contributed by atoms with E-state index < -0.39 is 97.5 Å². The van der Waals surface area contributed by atoms with Crippen molar-refractivity contribution >= 4 is 39.5 Å². The van der Waals surface area contributed by atoms with Gasteiger partial charge in [-0.05, 0) is 43.4 Å². The smallest absolute Gasteiger partial charge is 0.462 e. The second kappa shape index (κ2) is 55.4. The lowest BCUT2D eigenvalue weighted by atomic mass is 10.0. The average molecular weight is 1230 g/mol. The van der Waals surface area contributed by atoms with Crippen molar-refractivity contribution in [1.29, 1.82) is 0 Å². The van der Waals surface area contributed by atoms with Crippen LogP contribution >= 0.6 is 15.6 Å². The minimum absolute atomic E-state index is 0.101. The van der Waals surface area contributed by atoms with Crippen molar-refractivity contribution in [1.82, 2.24) is 0 Å². The van der Waals surface area contributed by atoms with Crippen LogP contribution in [0.5, 0.6) is 0 Å². The van der Waals surface area contributed by atoms with Gasteiger partial charge in [0.05, 0.1) is 26.4 Å². The number of aliphatic hydroxyl groups excluding tert-OH is 1. The van der Waals surface area contributed by atoms with Crippen LogP contribution in [0.25, 0.3) is 0 Å². The van der Waals surface area contributed by atoms with E-state index in [2.05, 4.69) is 48.5 Å². The minimum Gasteiger partial charge on any atom is -0.462 e. The van der Waals surface area contributed by atoms with Gasteiger partial charge in [-0.25, -0.2) is 9.13 Å². The standard InChI is InChI=1S/C64H124O17P2/c1-8-9-10-28-38-45-61(66)74-51-59(81-64(69)48-41-34-27-26-31-37-44-57(6)7)53-78-82(70,71)76-49-58(65)50-77-83(72,73)79-54-60(52-75-62(67)46-39-32-24-21-17-19-23-30-36-43-56(4)5)80-63(68)47-40-33-25-20-16-14-12-11-13-15-18-22-29-35-42-55(2)3/h55-60,65H,8-54H2,1-7H3,(H,70,71)(H,72,73)/t58-,59+,60+/m0/s1. The molecule has 0 fully saturated rings. The summed E-state index contributed by atoms with van der Waals surface area (Å²) in [7, 11) is -9.88. The largest absolute Gasteiger partial charge is 0.472 e. The normalized spacial score (nSPS) is 14.4. The van der Waals surface area contributed by atoms with Crippen LogP contribution in [-0.4, -0.2) is 96.7 Å². The third-order valence-corrected chi connectivity index (χ3v) is 16.5. The van der Waals surface area contributed by atoms with Gasteiger partial charge in [0.2, 0.25) is 0 Å². The van der Waals surface area contributed by atoms with E-state index in [0.717, 1.165) is 108 Å². The Labute approximate surface area is 505 Å². The van der Waals surface area contributed by atoms with Gasteiger partial charge < -0.3 is 33.8 Å². The Bertz CT molecular complexity index is 1650. The molecule has 83 heavy (non-hydrogen) atoms. The summed E-state index contributed by atoms with van der Waals surface area (Å²) in [6.07, 6.45) is 36.8. The minimum atomic E-state index is -4.94. The number of carbonyl (C=O) groups is 4. The zero-order chi connectivity index (χ0) is 61.7. The molecule has 2 unspecified atom stereocenters. The maximum atomic E-state index is 13.0. The van der Waals surface area contributed by atoms with E-state index >= 15 is 0 Å². The number of rotatable bonds is 62. The number of aliphatic hydroxyl groups is 1. The van der Waals surface area contributed by atoms with Gasteiger partial charge in [0.1, 0.15) is 19.3 Å². The highest BCUT2D eigenvalue weighted by molar-refractivity contribution is 7.47. The lowest BCUT2D eigenvalue weighted by Gasteiger charge is -2.21. The van der Waals surface area contributed by atoms with Crippen molar-refractivity contribution in [3.05, 3.63) is 0 Å². The van der Waals surface area contributed by atoms with Crippen LogP contribution in [0.15, 0.2) is 0 Å².